The highest BCUT2D eigenvalue weighted by Gasteiger charge is 2.34. The zero-order valence-electron chi connectivity index (χ0n) is 24.7. The summed E-state index contributed by atoms with van der Waals surface area (Å²) in [6, 6.07) is 15.5. The number of methoxy groups -OCH3 is 1. The molecule has 1 unspecified atom stereocenters. The number of hydrogen-bond donors (Lipinski definition) is 1. The van der Waals surface area contributed by atoms with E-state index in [1.165, 1.54) is 43.2 Å². The predicted octanol–water partition coefficient (Wildman–Crippen LogP) is 5.24. The highest BCUT2D eigenvalue weighted by atomic mass is 35.5. The molecule has 1 saturated carbocycles. The number of nitrogens with zero attached hydrogens (tertiary/aromatic N) is 3. The lowest BCUT2D eigenvalue weighted by molar-refractivity contribution is -0.385. The van der Waals surface area contributed by atoms with E-state index in [-0.39, 0.29) is 40.3 Å². The second-order valence-corrected chi connectivity index (χ2v) is 13.0. The van der Waals surface area contributed by atoms with Crippen molar-refractivity contribution >= 4 is 44.8 Å². The SMILES string of the molecule is COc1ccc(N(CC(=O)N(Cc2ccc(Cl)cc2)C(C)C(=O)NC2CCCC2)S(=O)(=O)c2ccc(C)c([N+](=O)[O-])c2)cc1. The Morgan fingerprint density at radius 2 is 1.70 bits per heavy atom. The van der Waals surface area contributed by atoms with Crippen molar-refractivity contribution in [2.24, 2.45) is 0 Å². The van der Waals surface area contributed by atoms with E-state index in [1.54, 1.807) is 43.3 Å². The lowest BCUT2D eigenvalue weighted by Crippen LogP contribution is -2.52. The van der Waals surface area contributed by atoms with Crippen LogP contribution >= 0.6 is 11.6 Å². The van der Waals surface area contributed by atoms with Crippen molar-refractivity contribution < 1.29 is 27.7 Å². The van der Waals surface area contributed by atoms with Crippen LogP contribution in [-0.2, 0) is 26.2 Å². The van der Waals surface area contributed by atoms with Crippen molar-refractivity contribution in [2.75, 3.05) is 18.0 Å². The molecule has 1 fully saturated rings. The van der Waals surface area contributed by atoms with E-state index in [1.807, 2.05) is 0 Å². The number of halogens is 1. The summed E-state index contributed by atoms with van der Waals surface area (Å²) in [5, 5.41) is 15.1. The summed E-state index contributed by atoms with van der Waals surface area (Å²) < 4.78 is 34.2. The van der Waals surface area contributed by atoms with Crippen LogP contribution in [-0.4, -0.2) is 55.8 Å². The molecule has 0 saturated heterocycles. The van der Waals surface area contributed by atoms with Gasteiger partial charge in [0.25, 0.3) is 15.7 Å². The molecular formula is C31H35ClN4O7S. The largest absolute Gasteiger partial charge is 0.497 e. The molecular weight excluding hydrogens is 608 g/mol. The van der Waals surface area contributed by atoms with E-state index in [0.717, 1.165) is 36.1 Å². The Hall–Kier alpha value is -4.16. The van der Waals surface area contributed by atoms with Crippen LogP contribution in [0.1, 0.15) is 43.7 Å². The van der Waals surface area contributed by atoms with Gasteiger partial charge in [0.2, 0.25) is 11.8 Å². The van der Waals surface area contributed by atoms with Gasteiger partial charge in [0.05, 0.1) is 22.6 Å². The van der Waals surface area contributed by atoms with Crippen LogP contribution in [0, 0.1) is 17.0 Å². The number of nitro benzene ring substituents is 1. The molecule has 13 heteroatoms. The minimum Gasteiger partial charge on any atom is -0.497 e. The fourth-order valence-electron chi connectivity index (χ4n) is 5.11. The van der Waals surface area contributed by atoms with E-state index in [2.05, 4.69) is 5.32 Å². The van der Waals surface area contributed by atoms with Crippen LogP contribution in [0.15, 0.2) is 71.6 Å². The van der Waals surface area contributed by atoms with Crippen LogP contribution < -0.4 is 14.4 Å². The van der Waals surface area contributed by atoms with Crippen molar-refractivity contribution in [3.05, 3.63) is 93.0 Å². The third-order valence-electron chi connectivity index (χ3n) is 7.74. The number of amides is 2. The molecule has 0 aliphatic heterocycles. The Labute approximate surface area is 262 Å². The molecule has 3 aromatic carbocycles. The van der Waals surface area contributed by atoms with E-state index < -0.39 is 33.4 Å². The first kappa shape index (κ1) is 32.7. The third kappa shape index (κ3) is 7.67. The number of nitrogens with one attached hydrogen (secondary N) is 1. The van der Waals surface area contributed by atoms with Crippen molar-refractivity contribution in [1.82, 2.24) is 10.2 Å². The van der Waals surface area contributed by atoms with Gasteiger partial charge >= 0.3 is 0 Å². The van der Waals surface area contributed by atoms with Crippen LogP contribution in [0.4, 0.5) is 11.4 Å². The average molecular weight is 643 g/mol. The first-order valence-corrected chi connectivity index (χ1v) is 16.0. The minimum absolute atomic E-state index is 0.0156. The van der Waals surface area contributed by atoms with Crippen LogP contribution in [0.5, 0.6) is 5.75 Å². The highest BCUT2D eigenvalue weighted by molar-refractivity contribution is 7.92. The summed E-state index contributed by atoms with van der Waals surface area (Å²) in [7, 11) is -3.03. The monoisotopic (exact) mass is 642 g/mol. The number of carbonyl (C=O) groups excluding carboxylic acids is 2. The number of rotatable bonds is 12. The van der Waals surface area contributed by atoms with Gasteiger partial charge in [0.15, 0.2) is 0 Å². The average Bonchev–Trinajstić information content (AvgIpc) is 3.52. The summed E-state index contributed by atoms with van der Waals surface area (Å²) in [6.07, 6.45) is 3.74. The molecule has 2 amide bonds. The second-order valence-electron chi connectivity index (χ2n) is 10.7. The number of aryl methyl sites for hydroxylation is 1. The number of ether oxygens (including phenoxy) is 1. The fourth-order valence-corrected chi connectivity index (χ4v) is 6.67. The fraction of sp³-hybridized carbons (Fsp3) is 0.355. The summed E-state index contributed by atoms with van der Waals surface area (Å²) >= 11 is 6.06. The van der Waals surface area contributed by atoms with Crippen LogP contribution in [0.25, 0.3) is 0 Å². The highest BCUT2D eigenvalue weighted by Crippen LogP contribution is 2.30. The lowest BCUT2D eigenvalue weighted by Gasteiger charge is -2.32. The topological polar surface area (TPSA) is 139 Å². The van der Waals surface area contributed by atoms with Gasteiger partial charge in [0.1, 0.15) is 18.3 Å². The first-order valence-electron chi connectivity index (χ1n) is 14.2. The minimum atomic E-state index is -4.50. The third-order valence-corrected chi connectivity index (χ3v) is 9.76. The Kier molecular flexibility index (Phi) is 10.5. The zero-order valence-corrected chi connectivity index (χ0v) is 26.3. The quantitative estimate of drug-likeness (QED) is 0.211. The molecule has 1 N–H and O–H groups in total. The van der Waals surface area contributed by atoms with Gasteiger partial charge in [-0.15, -0.1) is 0 Å². The maximum Gasteiger partial charge on any atom is 0.273 e. The Balaban J connectivity index is 1.73. The Morgan fingerprint density at radius 3 is 2.30 bits per heavy atom. The summed E-state index contributed by atoms with van der Waals surface area (Å²) in [6.45, 7) is 2.45. The van der Waals surface area contributed by atoms with E-state index in [4.69, 9.17) is 16.3 Å². The summed E-state index contributed by atoms with van der Waals surface area (Å²) in [4.78, 5) is 39.4. The number of sulfonamides is 1. The lowest BCUT2D eigenvalue weighted by atomic mass is 10.1. The molecule has 0 bridgehead atoms. The van der Waals surface area contributed by atoms with Gasteiger partial charge in [-0.3, -0.25) is 24.0 Å². The summed E-state index contributed by atoms with van der Waals surface area (Å²) in [5.74, 6) is -0.521. The molecule has 44 heavy (non-hydrogen) atoms. The number of anilines is 1. The second kappa shape index (κ2) is 14.1. The van der Waals surface area contributed by atoms with Gasteiger partial charge < -0.3 is 15.0 Å². The number of hydrogen-bond acceptors (Lipinski definition) is 7. The standard InChI is InChI=1S/C31H35ClN4O7S/c1-21-8-17-28(18-29(21)36(39)40)44(41,42)35(26-13-15-27(43-3)16-14-26)20-30(37)34(19-23-9-11-24(32)12-10-23)22(2)31(38)33-25-6-4-5-7-25/h8-18,22,25H,4-7,19-20H2,1-3H3,(H,33,38). The maximum absolute atomic E-state index is 14.1. The van der Waals surface area contributed by atoms with Gasteiger partial charge in [0, 0.05) is 29.2 Å². The molecule has 0 spiro atoms. The molecule has 3 aromatic rings. The molecule has 4 rings (SSSR count). The van der Waals surface area contributed by atoms with Crippen molar-refractivity contribution in [3.63, 3.8) is 0 Å². The number of nitro groups is 1. The molecule has 0 aromatic heterocycles. The van der Waals surface area contributed by atoms with Gasteiger partial charge in [-0.2, -0.15) is 0 Å². The first-order chi connectivity index (χ1) is 20.9. The Morgan fingerprint density at radius 1 is 1.07 bits per heavy atom. The predicted molar refractivity (Wildman–Crippen MR) is 167 cm³/mol. The zero-order chi connectivity index (χ0) is 32.0. The van der Waals surface area contributed by atoms with Crippen molar-refractivity contribution in [2.45, 2.75) is 63.1 Å². The van der Waals surface area contributed by atoms with E-state index in [0.29, 0.717) is 16.3 Å². The summed E-state index contributed by atoms with van der Waals surface area (Å²) in [5.41, 5.74) is 0.749. The van der Waals surface area contributed by atoms with Gasteiger partial charge in [-0.25, -0.2) is 8.42 Å². The van der Waals surface area contributed by atoms with Gasteiger partial charge in [-0.05, 0) is 74.7 Å². The number of benzene rings is 3. The molecule has 0 radical (unpaired) electrons. The van der Waals surface area contributed by atoms with E-state index in [9.17, 15) is 28.1 Å². The molecule has 1 aliphatic rings. The maximum atomic E-state index is 14.1. The van der Waals surface area contributed by atoms with Crippen LogP contribution in [0.3, 0.4) is 0 Å². The van der Waals surface area contributed by atoms with Crippen LogP contribution in [0.2, 0.25) is 5.02 Å². The van der Waals surface area contributed by atoms with Crippen molar-refractivity contribution in [1.29, 1.82) is 0 Å². The van der Waals surface area contributed by atoms with E-state index >= 15 is 0 Å². The molecule has 1 atom stereocenters. The molecule has 0 heterocycles. The molecule has 1 aliphatic carbocycles. The van der Waals surface area contributed by atoms with Gasteiger partial charge in [-0.1, -0.05) is 42.6 Å². The smallest absolute Gasteiger partial charge is 0.273 e. The normalized spacial score (nSPS) is 14.1. The molecule has 234 valence electrons. The number of carbonyl (C=O) groups is 2. The Bertz CT molecular complexity index is 1610. The molecule has 11 nitrogen and oxygen atoms in total. The van der Waals surface area contributed by atoms with Crippen molar-refractivity contribution in [3.8, 4) is 5.75 Å².